The van der Waals surface area contributed by atoms with Crippen molar-refractivity contribution in [2.24, 2.45) is 0 Å². The molecule has 112 valence electrons. The fourth-order valence-corrected chi connectivity index (χ4v) is 3.33. The van der Waals surface area contributed by atoms with Gasteiger partial charge < -0.3 is 10.6 Å². The van der Waals surface area contributed by atoms with Crippen molar-refractivity contribution >= 4 is 15.9 Å². The minimum Gasteiger partial charge on any atom is -0.354 e. The van der Waals surface area contributed by atoms with Crippen molar-refractivity contribution in [3.63, 3.8) is 0 Å². The number of amides is 1. The van der Waals surface area contributed by atoms with Gasteiger partial charge in [-0.1, -0.05) is 6.42 Å². The Morgan fingerprint density at radius 3 is 2.58 bits per heavy atom. The second-order valence-electron chi connectivity index (χ2n) is 5.89. The minimum atomic E-state index is -3.27. The van der Waals surface area contributed by atoms with E-state index in [9.17, 15) is 13.2 Å². The molecule has 1 amide bonds. The molecule has 0 aliphatic carbocycles. The molecule has 1 heterocycles. The van der Waals surface area contributed by atoms with E-state index in [0.29, 0.717) is 6.42 Å². The Hall–Kier alpha value is -0.660. The molecule has 1 rings (SSSR count). The van der Waals surface area contributed by atoms with Crippen LogP contribution >= 0.6 is 0 Å². The summed E-state index contributed by atoms with van der Waals surface area (Å²) in [6.45, 7) is 4.74. The van der Waals surface area contributed by atoms with Crippen LogP contribution in [-0.4, -0.2) is 45.3 Å². The molecular formula is C12H25N3O3S. The maximum Gasteiger partial charge on any atom is 0.221 e. The molecule has 19 heavy (non-hydrogen) atoms. The number of sulfonamides is 1. The van der Waals surface area contributed by atoms with Crippen molar-refractivity contribution in [1.82, 2.24) is 15.4 Å². The van der Waals surface area contributed by atoms with E-state index in [1.807, 2.05) is 0 Å². The molecule has 0 aromatic heterocycles. The van der Waals surface area contributed by atoms with Crippen molar-refractivity contribution in [2.75, 3.05) is 19.3 Å². The van der Waals surface area contributed by atoms with E-state index in [4.69, 9.17) is 0 Å². The van der Waals surface area contributed by atoms with E-state index in [0.717, 1.165) is 25.6 Å². The third-order valence-electron chi connectivity index (χ3n) is 3.03. The van der Waals surface area contributed by atoms with E-state index < -0.39 is 15.6 Å². The Labute approximate surface area is 115 Å². The van der Waals surface area contributed by atoms with Gasteiger partial charge in [-0.2, -0.15) is 0 Å². The third-order valence-corrected chi connectivity index (χ3v) is 3.96. The number of piperidine rings is 1. The normalized spacial score (nSPS) is 21.1. The molecule has 0 aromatic carbocycles. The number of rotatable bonds is 6. The van der Waals surface area contributed by atoms with Crippen molar-refractivity contribution in [3.05, 3.63) is 0 Å². The molecule has 1 atom stereocenters. The summed E-state index contributed by atoms with van der Waals surface area (Å²) in [6.07, 6.45) is 4.92. The molecule has 0 aromatic rings. The average molecular weight is 291 g/mol. The maximum absolute atomic E-state index is 11.8. The van der Waals surface area contributed by atoms with Crippen LogP contribution < -0.4 is 15.4 Å². The first-order valence-corrected chi connectivity index (χ1v) is 8.56. The minimum absolute atomic E-state index is 0.0391. The molecule has 0 bridgehead atoms. The number of carbonyl (C=O) groups excluding carboxylic acids is 1. The SMILES string of the molecule is CC(C)(CNC(=O)CC1CCCCN1)NS(C)(=O)=O. The standard InChI is InChI=1S/C12H25N3O3S/c1-12(2,15-19(3,17)18)9-14-11(16)8-10-6-4-5-7-13-10/h10,13,15H,4-9H2,1-3H3,(H,14,16). The molecule has 1 aliphatic heterocycles. The van der Waals surface area contributed by atoms with Crippen LogP contribution in [0.4, 0.5) is 0 Å². The first kappa shape index (κ1) is 16.4. The highest BCUT2D eigenvalue weighted by Gasteiger charge is 2.23. The van der Waals surface area contributed by atoms with Gasteiger partial charge >= 0.3 is 0 Å². The Morgan fingerprint density at radius 2 is 2.05 bits per heavy atom. The van der Waals surface area contributed by atoms with Gasteiger partial charge in [-0.05, 0) is 33.2 Å². The van der Waals surface area contributed by atoms with Crippen molar-refractivity contribution < 1.29 is 13.2 Å². The van der Waals surface area contributed by atoms with Gasteiger partial charge in [0.05, 0.1) is 6.26 Å². The molecule has 1 unspecified atom stereocenters. The largest absolute Gasteiger partial charge is 0.354 e. The lowest BCUT2D eigenvalue weighted by atomic mass is 10.0. The number of hydrogen-bond donors (Lipinski definition) is 3. The van der Waals surface area contributed by atoms with Crippen LogP contribution in [0.5, 0.6) is 0 Å². The molecule has 1 fully saturated rings. The van der Waals surface area contributed by atoms with Gasteiger partial charge in [0.15, 0.2) is 0 Å². The fraction of sp³-hybridized carbons (Fsp3) is 0.917. The quantitative estimate of drug-likeness (QED) is 0.641. The second kappa shape index (κ2) is 6.67. The average Bonchev–Trinajstić information content (AvgIpc) is 2.25. The Balaban J connectivity index is 2.32. The highest BCUT2D eigenvalue weighted by Crippen LogP contribution is 2.10. The summed E-state index contributed by atoms with van der Waals surface area (Å²) in [5, 5.41) is 6.10. The van der Waals surface area contributed by atoms with Crippen LogP contribution in [0.1, 0.15) is 39.5 Å². The summed E-state index contributed by atoms with van der Waals surface area (Å²) in [6, 6.07) is 0.250. The number of carbonyl (C=O) groups is 1. The lowest BCUT2D eigenvalue weighted by Gasteiger charge is -2.27. The zero-order valence-corrected chi connectivity index (χ0v) is 12.8. The molecule has 6 nitrogen and oxygen atoms in total. The van der Waals surface area contributed by atoms with E-state index >= 15 is 0 Å². The van der Waals surface area contributed by atoms with Gasteiger partial charge in [-0.3, -0.25) is 4.79 Å². The van der Waals surface area contributed by atoms with Crippen LogP contribution in [0.25, 0.3) is 0 Å². The van der Waals surface area contributed by atoms with Crippen LogP contribution in [0.3, 0.4) is 0 Å². The van der Waals surface area contributed by atoms with E-state index in [-0.39, 0.29) is 18.5 Å². The Morgan fingerprint density at radius 1 is 1.37 bits per heavy atom. The molecule has 0 spiro atoms. The number of nitrogens with one attached hydrogen (secondary N) is 3. The lowest BCUT2D eigenvalue weighted by Crippen LogP contribution is -2.51. The zero-order valence-electron chi connectivity index (χ0n) is 12.0. The van der Waals surface area contributed by atoms with Gasteiger partial charge in [-0.25, -0.2) is 13.1 Å². The summed E-state index contributed by atoms with van der Waals surface area (Å²) in [4.78, 5) is 11.8. The Kier molecular flexibility index (Phi) is 5.76. The summed E-state index contributed by atoms with van der Waals surface area (Å²) >= 11 is 0. The van der Waals surface area contributed by atoms with Crippen LogP contribution in [0.2, 0.25) is 0 Å². The first-order valence-electron chi connectivity index (χ1n) is 6.67. The summed E-state index contributed by atoms with van der Waals surface area (Å²) in [5.41, 5.74) is -0.677. The maximum atomic E-state index is 11.8. The summed E-state index contributed by atoms with van der Waals surface area (Å²) < 4.78 is 24.8. The van der Waals surface area contributed by atoms with E-state index in [2.05, 4.69) is 15.4 Å². The first-order chi connectivity index (χ1) is 8.68. The fourth-order valence-electron chi connectivity index (χ4n) is 2.25. The smallest absolute Gasteiger partial charge is 0.221 e. The van der Waals surface area contributed by atoms with Crippen LogP contribution in [0, 0.1) is 0 Å². The predicted molar refractivity (Wildman–Crippen MR) is 75.3 cm³/mol. The number of hydrogen-bond acceptors (Lipinski definition) is 4. The van der Waals surface area contributed by atoms with Crippen molar-refractivity contribution in [2.45, 2.75) is 51.1 Å². The van der Waals surface area contributed by atoms with E-state index in [1.54, 1.807) is 13.8 Å². The molecule has 1 aliphatic rings. The summed E-state index contributed by atoms with van der Waals surface area (Å²) in [7, 11) is -3.27. The molecule has 0 saturated carbocycles. The van der Waals surface area contributed by atoms with Gasteiger partial charge in [0.25, 0.3) is 0 Å². The van der Waals surface area contributed by atoms with Crippen molar-refractivity contribution in [1.29, 1.82) is 0 Å². The molecule has 1 saturated heterocycles. The van der Waals surface area contributed by atoms with Gasteiger partial charge in [-0.15, -0.1) is 0 Å². The summed E-state index contributed by atoms with van der Waals surface area (Å²) in [5.74, 6) is -0.0391. The highest BCUT2D eigenvalue weighted by atomic mass is 32.2. The highest BCUT2D eigenvalue weighted by molar-refractivity contribution is 7.88. The second-order valence-corrected chi connectivity index (χ2v) is 7.63. The lowest BCUT2D eigenvalue weighted by molar-refractivity contribution is -0.121. The van der Waals surface area contributed by atoms with Crippen LogP contribution in [-0.2, 0) is 14.8 Å². The monoisotopic (exact) mass is 291 g/mol. The van der Waals surface area contributed by atoms with Crippen molar-refractivity contribution in [3.8, 4) is 0 Å². The van der Waals surface area contributed by atoms with Gasteiger partial charge in [0.2, 0.25) is 15.9 Å². The molecule has 3 N–H and O–H groups in total. The Bertz CT molecular complexity index is 400. The molecular weight excluding hydrogens is 266 g/mol. The van der Waals surface area contributed by atoms with Gasteiger partial charge in [0.1, 0.15) is 0 Å². The topological polar surface area (TPSA) is 87.3 Å². The van der Waals surface area contributed by atoms with Gasteiger partial charge in [0, 0.05) is 24.5 Å². The zero-order chi connectivity index (χ0) is 14.5. The third kappa shape index (κ3) is 7.49. The van der Waals surface area contributed by atoms with E-state index in [1.165, 1.54) is 6.42 Å². The molecule has 0 radical (unpaired) electrons. The molecule has 7 heteroatoms. The predicted octanol–water partition coefficient (Wildman–Crippen LogP) is -0.0374. The van der Waals surface area contributed by atoms with Crippen LogP contribution in [0.15, 0.2) is 0 Å².